The van der Waals surface area contributed by atoms with Crippen molar-refractivity contribution in [1.82, 2.24) is 9.88 Å². The molecular weight excluding hydrogens is 373 g/mol. The average molecular weight is 403 g/mol. The number of rotatable bonds is 9. The maximum absolute atomic E-state index is 14.7. The van der Waals surface area contributed by atoms with Crippen molar-refractivity contribution >= 4 is 28.3 Å². The fourth-order valence-electron chi connectivity index (χ4n) is 3.37. The molecule has 0 saturated heterocycles. The van der Waals surface area contributed by atoms with Gasteiger partial charge in [0, 0.05) is 25.5 Å². The predicted octanol–water partition coefficient (Wildman–Crippen LogP) is 5.09. The van der Waals surface area contributed by atoms with E-state index in [1.807, 2.05) is 37.3 Å². The fraction of sp³-hybridized carbons (Fsp3) is 0.409. The van der Waals surface area contributed by atoms with Gasteiger partial charge in [-0.1, -0.05) is 32.1 Å². The number of carbonyl (C=O) groups is 1. The standard InChI is InChI=1S/C22H30FN3O3/c1-6-9-16(10-8-13-24-22(27)29-5)20-21(25(3)23)18-15-17(28-4)11-12-19(18)26(20)14-7-2/h8-12,15H,6-7,13-14H2,1-5H3,(H,24,27)/b10-8-,16-9+. The Balaban J connectivity index is 2.63. The number of methoxy groups -OCH3 is 2. The third kappa shape index (κ3) is 5.10. The second-order valence-corrected chi connectivity index (χ2v) is 6.55. The summed E-state index contributed by atoms with van der Waals surface area (Å²) < 4.78 is 26.8. The molecule has 1 N–H and O–H groups in total. The minimum absolute atomic E-state index is 0.316. The van der Waals surface area contributed by atoms with E-state index in [4.69, 9.17) is 4.74 Å². The zero-order valence-corrected chi connectivity index (χ0v) is 17.8. The Labute approximate surface area is 171 Å². The lowest BCUT2D eigenvalue weighted by atomic mass is 10.1. The summed E-state index contributed by atoms with van der Waals surface area (Å²) in [7, 11) is 4.33. The van der Waals surface area contributed by atoms with Crippen LogP contribution < -0.4 is 15.2 Å². The molecule has 0 saturated carbocycles. The number of aromatic nitrogens is 1. The molecule has 0 aliphatic rings. The summed E-state index contributed by atoms with van der Waals surface area (Å²) in [4.78, 5) is 11.3. The number of halogens is 1. The number of hydrogen-bond donors (Lipinski definition) is 1. The van der Waals surface area contributed by atoms with Crippen molar-refractivity contribution in [3.8, 4) is 5.75 Å². The molecule has 0 aliphatic carbocycles. The van der Waals surface area contributed by atoms with Gasteiger partial charge in [-0.15, -0.1) is 4.48 Å². The molecule has 7 heteroatoms. The molecule has 2 rings (SSSR count). The van der Waals surface area contributed by atoms with Crippen LogP contribution in [0, 0.1) is 0 Å². The highest BCUT2D eigenvalue weighted by Crippen LogP contribution is 2.40. The van der Waals surface area contributed by atoms with Crippen LogP contribution in [0.3, 0.4) is 0 Å². The SMILES string of the molecule is CC/C=C(\C=C/CNC(=O)OC)c1c(N(C)F)c2cc(OC)ccc2n1CCC. The normalized spacial score (nSPS) is 11.9. The minimum atomic E-state index is -0.493. The zero-order valence-electron chi connectivity index (χ0n) is 17.8. The Hall–Kier alpha value is -2.96. The van der Waals surface area contributed by atoms with Crippen molar-refractivity contribution in [3.63, 3.8) is 0 Å². The first kappa shape index (κ1) is 22.3. The zero-order chi connectivity index (χ0) is 21.4. The van der Waals surface area contributed by atoms with Crippen molar-refractivity contribution in [2.24, 2.45) is 0 Å². The molecule has 0 unspecified atom stereocenters. The number of fused-ring (bicyclic) bond motifs is 1. The Morgan fingerprint density at radius 1 is 1.31 bits per heavy atom. The van der Waals surface area contributed by atoms with Crippen molar-refractivity contribution in [2.45, 2.75) is 33.2 Å². The van der Waals surface area contributed by atoms with Crippen LogP contribution in [-0.2, 0) is 11.3 Å². The van der Waals surface area contributed by atoms with Crippen LogP contribution in [0.25, 0.3) is 16.5 Å². The van der Waals surface area contributed by atoms with Crippen LogP contribution in [0.1, 0.15) is 32.4 Å². The Morgan fingerprint density at radius 3 is 2.66 bits per heavy atom. The fourth-order valence-corrected chi connectivity index (χ4v) is 3.37. The number of aryl methyl sites for hydroxylation is 1. The first-order chi connectivity index (χ1) is 14.0. The number of allylic oxidation sites excluding steroid dienone is 3. The molecule has 2 aromatic rings. The molecule has 1 aromatic heterocycles. The van der Waals surface area contributed by atoms with Gasteiger partial charge in [-0.2, -0.15) is 0 Å². The van der Waals surface area contributed by atoms with E-state index in [-0.39, 0.29) is 0 Å². The second kappa shape index (κ2) is 10.5. The molecule has 0 fully saturated rings. The first-order valence-electron chi connectivity index (χ1n) is 9.77. The van der Waals surface area contributed by atoms with Crippen molar-refractivity contribution in [1.29, 1.82) is 0 Å². The van der Waals surface area contributed by atoms with Gasteiger partial charge in [0.05, 0.1) is 25.4 Å². The average Bonchev–Trinajstić information content (AvgIpc) is 3.03. The molecule has 0 bridgehead atoms. The first-order valence-corrected chi connectivity index (χ1v) is 9.77. The Bertz CT molecular complexity index is 900. The van der Waals surface area contributed by atoms with Crippen molar-refractivity contribution < 1.29 is 18.7 Å². The molecule has 0 radical (unpaired) electrons. The van der Waals surface area contributed by atoms with Crippen LogP contribution in [0.5, 0.6) is 5.75 Å². The quantitative estimate of drug-likeness (QED) is 0.468. The van der Waals surface area contributed by atoms with Gasteiger partial charge in [-0.25, -0.2) is 9.92 Å². The topological polar surface area (TPSA) is 55.7 Å². The van der Waals surface area contributed by atoms with Gasteiger partial charge in [0.2, 0.25) is 0 Å². The summed E-state index contributed by atoms with van der Waals surface area (Å²) in [5, 5.41) is 4.07. The lowest BCUT2D eigenvalue weighted by Crippen LogP contribution is -2.22. The molecule has 158 valence electrons. The monoisotopic (exact) mass is 403 g/mol. The smallest absolute Gasteiger partial charge is 0.407 e. The minimum Gasteiger partial charge on any atom is -0.497 e. The van der Waals surface area contributed by atoms with Gasteiger partial charge in [0.15, 0.2) is 0 Å². The summed E-state index contributed by atoms with van der Waals surface area (Å²) in [5.41, 5.74) is 3.14. The molecule has 29 heavy (non-hydrogen) atoms. The summed E-state index contributed by atoms with van der Waals surface area (Å²) in [6, 6.07) is 5.72. The molecule has 1 amide bonds. The highest BCUT2D eigenvalue weighted by atomic mass is 19.2. The van der Waals surface area contributed by atoms with Crippen LogP contribution in [-0.4, -0.2) is 38.5 Å². The number of ether oxygens (including phenoxy) is 2. The highest BCUT2D eigenvalue weighted by Gasteiger charge is 2.22. The van der Waals surface area contributed by atoms with E-state index in [9.17, 15) is 9.28 Å². The van der Waals surface area contributed by atoms with Gasteiger partial charge >= 0.3 is 6.09 Å². The van der Waals surface area contributed by atoms with Gasteiger partial charge in [0.25, 0.3) is 0 Å². The lowest BCUT2D eigenvalue weighted by Gasteiger charge is -2.15. The number of nitrogens with one attached hydrogen (secondary N) is 1. The predicted molar refractivity (Wildman–Crippen MR) is 116 cm³/mol. The number of carbonyl (C=O) groups excluding carboxylic acids is 1. The Kier molecular flexibility index (Phi) is 8.12. The number of hydrogen-bond acceptors (Lipinski definition) is 4. The number of benzene rings is 1. The van der Waals surface area contributed by atoms with Crippen LogP contribution in [0.4, 0.5) is 15.0 Å². The van der Waals surface area contributed by atoms with Gasteiger partial charge in [-0.3, -0.25) is 0 Å². The largest absolute Gasteiger partial charge is 0.497 e. The number of anilines is 1. The van der Waals surface area contributed by atoms with E-state index in [2.05, 4.69) is 27.6 Å². The lowest BCUT2D eigenvalue weighted by molar-refractivity contribution is 0.172. The third-order valence-corrected chi connectivity index (χ3v) is 4.54. The molecule has 1 aromatic carbocycles. The van der Waals surface area contributed by atoms with E-state index < -0.39 is 6.09 Å². The van der Waals surface area contributed by atoms with Gasteiger partial charge in [0.1, 0.15) is 11.4 Å². The van der Waals surface area contributed by atoms with Crippen molar-refractivity contribution in [2.75, 3.05) is 32.9 Å². The summed E-state index contributed by atoms with van der Waals surface area (Å²) in [6.45, 7) is 5.20. The van der Waals surface area contributed by atoms with Crippen LogP contribution in [0.15, 0.2) is 36.4 Å². The molecule has 0 aliphatic heterocycles. The van der Waals surface area contributed by atoms with E-state index in [0.717, 1.165) is 41.6 Å². The maximum Gasteiger partial charge on any atom is 0.407 e. The Morgan fingerprint density at radius 2 is 2.07 bits per heavy atom. The summed E-state index contributed by atoms with van der Waals surface area (Å²) in [6.07, 6.45) is 6.99. The number of alkyl carbamates (subject to hydrolysis) is 1. The second-order valence-electron chi connectivity index (χ2n) is 6.55. The molecular formula is C22H30FN3O3. The molecule has 0 atom stereocenters. The van der Waals surface area contributed by atoms with Gasteiger partial charge in [-0.05, 0) is 36.6 Å². The van der Waals surface area contributed by atoms with Crippen LogP contribution in [0.2, 0.25) is 0 Å². The van der Waals surface area contributed by atoms with Crippen molar-refractivity contribution in [3.05, 3.63) is 42.1 Å². The maximum atomic E-state index is 14.7. The summed E-state index contributed by atoms with van der Waals surface area (Å²) >= 11 is 0. The van der Waals surface area contributed by atoms with Gasteiger partial charge < -0.3 is 19.4 Å². The third-order valence-electron chi connectivity index (χ3n) is 4.54. The summed E-state index contributed by atoms with van der Waals surface area (Å²) in [5.74, 6) is 0.680. The van der Waals surface area contributed by atoms with Crippen LogP contribution >= 0.6 is 0 Å². The highest BCUT2D eigenvalue weighted by molar-refractivity contribution is 6.01. The number of nitrogens with zero attached hydrogens (tertiary/aromatic N) is 2. The molecule has 6 nitrogen and oxygen atoms in total. The van der Waals surface area contributed by atoms with E-state index in [1.165, 1.54) is 14.2 Å². The van der Waals surface area contributed by atoms with E-state index >= 15 is 0 Å². The van der Waals surface area contributed by atoms with E-state index in [1.54, 1.807) is 7.11 Å². The number of amides is 1. The molecule has 0 spiro atoms. The van der Waals surface area contributed by atoms with E-state index in [0.29, 0.717) is 23.1 Å². The molecule has 1 heterocycles.